The van der Waals surface area contributed by atoms with Crippen LogP contribution in [-0.4, -0.2) is 11.8 Å². The van der Waals surface area contributed by atoms with Crippen LogP contribution in [0.15, 0.2) is 12.3 Å². The van der Waals surface area contributed by atoms with E-state index in [1.54, 1.807) is 6.08 Å². The van der Waals surface area contributed by atoms with Crippen molar-refractivity contribution < 1.29 is 14.3 Å². The molecule has 0 aliphatic carbocycles. The molecule has 1 heterocycles. The standard InChI is InChI=1S/C7H10O3/c1-3-7(2)4-5-9-6(8)10-7/h4-5H,3H2,1-2H3. The van der Waals surface area contributed by atoms with E-state index in [4.69, 9.17) is 4.74 Å². The summed E-state index contributed by atoms with van der Waals surface area (Å²) in [6.07, 6.45) is 3.24. The normalized spacial score (nSPS) is 31.2. The molecule has 0 fully saturated rings. The average molecular weight is 142 g/mol. The molecule has 0 radical (unpaired) electrons. The van der Waals surface area contributed by atoms with Crippen molar-refractivity contribution in [2.45, 2.75) is 25.9 Å². The van der Waals surface area contributed by atoms with Crippen molar-refractivity contribution in [3.8, 4) is 0 Å². The van der Waals surface area contributed by atoms with Gasteiger partial charge in [0.15, 0.2) is 0 Å². The summed E-state index contributed by atoms with van der Waals surface area (Å²) in [5, 5.41) is 0. The van der Waals surface area contributed by atoms with E-state index >= 15 is 0 Å². The van der Waals surface area contributed by atoms with E-state index in [-0.39, 0.29) is 0 Å². The molecule has 3 heteroatoms. The lowest BCUT2D eigenvalue weighted by atomic mass is 10.0. The Labute approximate surface area is 59.6 Å². The third-order valence-corrected chi connectivity index (χ3v) is 1.60. The third kappa shape index (κ3) is 1.29. The lowest BCUT2D eigenvalue weighted by Crippen LogP contribution is -2.31. The van der Waals surface area contributed by atoms with Crippen LogP contribution in [0.4, 0.5) is 4.79 Å². The van der Waals surface area contributed by atoms with Gasteiger partial charge in [0.05, 0.1) is 6.26 Å². The highest BCUT2D eigenvalue weighted by atomic mass is 16.7. The predicted molar refractivity (Wildman–Crippen MR) is 35.4 cm³/mol. The molecule has 1 atom stereocenters. The van der Waals surface area contributed by atoms with Crippen LogP contribution in [0.25, 0.3) is 0 Å². The fourth-order valence-corrected chi connectivity index (χ4v) is 0.672. The Morgan fingerprint density at radius 1 is 1.70 bits per heavy atom. The first-order valence-electron chi connectivity index (χ1n) is 3.23. The quantitative estimate of drug-likeness (QED) is 0.524. The first-order chi connectivity index (χ1) is 4.66. The Bertz CT molecular complexity index is 174. The molecule has 56 valence electrons. The van der Waals surface area contributed by atoms with Gasteiger partial charge in [0.1, 0.15) is 5.60 Å². The van der Waals surface area contributed by atoms with Crippen LogP contribution in [0.5, 0.6) is 0 Å². The van der Waals surface area contributed by atoms with Gasteiger partial charge in [0.25, 0.3) is 0 Å². The van der Waals surface area contributed by atoms with Gasteiger partial charge in [-0.1, -0.05) is 6.92 Å². The van der Waals surface area contributed by atoms with E-state index in [1.165, 1.54) is 6.26 Å². The molecule has 0 amide bonds. The van der Waals surface area contributed by atoms with Crippen molar-refractivity contribution in [1.82, 2.24) is 0 Å². The Morgan fingerprint density at radius 2 is 2.40 bits per heavy atom. The summed E-state index contributed by atoms with van der Waals surface area (Å²) >= 11 is 0. The van der Waals surface area contributed by atoms with Crippen molar-refractivity contribution in [2.75, 3.05) is 0 Å². The van der Waals surface area contributed by atoms with Crippen molar-refractivity contribution in [1.29, 1.82) is 0 Å². The highest BCUT2D eigenvalue weighted by Gasteiger charge is 2.27. The molecule has 1 aliphatic rings. The molecule has 0 aromatic rings. The van der Waals surface area contributed by atoms with E-state index in [1.807, 2.05) is 13.8 Å². The van der Waals surface area contributed by atoms with Crippen molar-refractivity contribution >= 4 is 6.16 Å². The van der Waals surface area contributed by atoms with E-state index in [0.717, 1.165) is 6.42 Å². The fourth-order valence-electron chi connectivity index (χ4n) is 0.672. The van der Waals surface area contributed by atoms with Gasteiger partial charge in [-0.2, -0.15) is 0 Å². The lowest BCUT2D eigenvalue weighted by molar-refractivity contribution is -0.000737. The molecule has 0 aromatic carbocycles. The zero-order valence-electron chi connectivity index (χ0n) is 6.09. The van der Waals surface area contributed by atoms with Gasteiger partial charge in [0.2, 0.25) is 0 Å². The van der Waals surface area contributed by atoms with Crippen molar-refractivity contribution in [3.05, 3.63) is 12.3 Å². The molecule has 0 saturated carbocycles. The summed E-state index contributed by atoms with van der Waals surface area (Å²) < 4.78 is 9.31. The maximum Gasteiger partial charge on any atom is 0.514 e. The molecule has 0 N–H and O–H groups in total. The SMILES string of the molecule is CCC1(C)C=COC(=O)O1. The number of hydrogen-bond donors (Lipinski definition) is 0. The van der Waals surface area contributed by atoms with Crippen LogP contribution < -0.4 is 0 Å². The topological polar surface area (TPSA) is 35.5 Å². The van der Waals surface area contributed by atoms with Gasteiger partial charge in [-0.05, 0) is 19.4 Å². The first-order valence-corrected chi connectivity index (χ1v) is 3.23. The Kier molecular flexibility index (Phi) is 1.66. The summed E-state index contributed by atoms with van der Waals surface area (Å²) in [6.45, 7) is 3.78. The highest BCUT2D eigenvalue weighted by Crippen LogP contribution is 2.21. The van der Waals surface area contributed by atoms with Crippen LogP contribution in [0, 0.1) is 0 Å². The molecule has 0 saturated heterocycles. The molecule has 1 unspecified atom stereocenters. The minimum absolute atomic E-state index is 0.463. The maximum atomic E-state index is 10.5. The molecule has 0 bridgehead atoms. The van der Waals surface area contributed by atoms with E-state index in [0.29, 0.717) is 0 Å². The van der Waals surface area contributed by atoms with Gasteiger partial charge < -0.3 is 9.47 Å². The first kappa shape index (κ1) is 7.12. The van der Waals surface area contributed by atoms with Crippen LogP contribution in [0.3, 0.4) is 0 Å². The largest absolute Gasteiger partial charge is 0.514 e. The molecule has 1 rings (SSSR count). The van der Waals surface area contributed by atoms with Crippen LogP contribution >= 0.6 is 0 Å². The smallest absolute Gasteiger partial charge is 0.423 e. The second-order valence-corrected chi connectivity index (χ2v) is 2.44. The molecular weight excluding hydrogens is 132 g/mol. The third-order valence-electron chi connectivity index (χ3n) is 1.60. The number of carbonyl (C=O) groups is 1. The second-order valence-electron chi connectivity index (χ2n) is 2.44. The molecular formula is C7H10O3. The Morgan fingerprint density at radius 3 is 2.80 bits per heavy atom. The van der Waals surface area contributed by atoms with Gasteiger partial charge in [0, 0.05) is 0 Å². The molecule has 0 aromatic heterocycles. The van der Waals surface area contributed by atoms with Crippen molar-refractivity contribution in [2.24, 2.45) is 0 Å². The number of carbonyl (C=O) groups excluding carboxylic acids is 1. The van der Waals surface area contributed by atoms with Gasteiger partial charge in [-0.15, -0.1) is 0 Å². The molecule has 3 nitrogen and oxygen atoms in total. The lowest BCUT2D eigenvalue weighted by Gasteiger charge is -2.26. The number of hydrogen-bond acceptors (Lipinski definition) is 3. The fraction of sp³-hybridized carbons (Fsp3) is 0.571. The minimum Gasteiger partial charge on any atom is -0.423 e. The summed E-state index contributed by atoms with van der Waals surface area (Å²) in [5.74, 6) is 0. The molecule has 1 aliphatic heterocycles. The van der Waals surface area contributed by atoms with E-state index < -0.39 is 11.8 Å². The van der Waals surface area contributed by atoms with Gasteiger partial charge in [-0.3, -0.25) is 0 Å². The monoisotopic (exact) mass is 142 g/mol. The molecule has 10 heavy (non-hydrogen) atoms. The highest BCUT2D eigenvalue weighted by molar-refractivity contribution is 5.62. The van der Waals surface area contributed by atoms with Gasteiger partial charge in [-0.25, -0.2) is 4.79 Å². The summed E-state index contributed by atoms with van der Waals surface area (Å²) in [5.41, 5.74) is -0.463. The number of rotatable bonds is 1. The zero-order valence-corrected chi connectivity index (χ0v) is 6.09. The van der Waals surface area contributed by atoms with Gasteiger partial charge >= 0.3 is 6.16 Å². The average Bonchev–Trinajstić information content (AvgIpc) is 1.88. The second kappa shape index (κ2) is 2.33. The summed E-state index contributed by atoms with van der Waals surface area (Å²) in [7, 11) is 0. The Balaban J connectivity index is 2.71. The zero-order chi connectivity index (χ0) is 7.61. The van der Waals surface area contributed by atoms with Crippen molar-refractivity contribution in [3.63, 3.8) is 0 Å². The number of cyclic esters (lactones) is 2. The van der Waals surface area contributed by atoms with Crippen LogP contribution in [0.2, 0.25) is 0 Å². The van der Waals surface area contributed by atoms with E-state index in [9.17, 15) is 4.79 Å². The predicted octanol–water partition coefficient (Wildman–Crippen LogP) is 1.84. The Hall–Kier alpha value is -0.990. The summed E-state index contributed by atoms with van der Waals surface area (Å²) in [4.78, 5) is 10.5. The van der Waals surface area contributed by atoms with E-state index in [2.05, 4.69) is 4.74 Å². The minimum atomic E-state index is -0.619. The maximum absolute atomic E-state index is 10.5. The molecule has 0 spiro atoms. The van der Waals surface area contributed by atoms with Crippen LogP contribution in [-0.2, 0) is 9.47 Å². The number of ether oxygens (including phenoxy) is 2. The van der Waals surface area contributed by atoms with Crippen LogP contribution in [0.1, 0.15) is 20.3 Å². The summed E-state index contributed by atoms with van der Waals surface area (Å²) in [6, 6.07) is 0.